The van der Waals surface area contributed by atoms with Gasteiger partial charge in [0.05, 0.1) is 20.0 Å². The second-order valence-corrected chi connectivity index (χ2v) is 5.50. The number of carbonyl (C=O) groups excluding carboxylic acids is 1. The lowest BCUT2D eigenvalue weighted by Crippen LogP contribution is -2.26. The van der Waals surface area contributed by atoms with Gasteiger partial charge in [-0.2, -0.15) is 0 Å². The maximum atomic E-state index is 11.2. The van der Waals surface area contributed by atoms with Gasteiger partial charge in [0.2, 0.25) is 0 Å². The number of benzene rings is 1. The number of nitrogens with one attached hydrogen (secondary N) is 1. The Morgan fingerprint density at radius 1 is 1.32 bits per heavy atom. The van der Waals surface area contributed by atoms with E-state index in [0.717, 1.165) is 5.75 Å². The topological polar surface area (TPSA) is 47.6 Å². The summed E-state index contributed by atoms with van der Waals surface area (Å²) in [6, 6.07) is 8.14. The predicted molar refractivity (Wildman–Crippen MR) is 78.7 cm³/mol. The molecule has 0 radical (unpaired) electrons. The van der Waals surface area contributed by atoms with Crippen LogP contribution in [0.3, 0.4) is 0 Å². The van der Waals surface area contributed by atoms with Gasteiger partial charge in [0.25, 0.3) is 0 Å². The monoisotopic (exact) mass is 283 g/mol. The Kier molecular flexibility index (Phi) is 6.73. The van der Waals surface area contributed by atoms with Gasteiger partial charge in [-0.1, -0.05) is 19.1 Å². The third-order valence-corrected chi connectivity index (χ3v) is 4.15. The van der Waals surface area contributed by atoms with Gasteiger partial charge in [0.15, 0.2) is 0 Å². The minimum absolute atomic E-state index is 0.181. The molecule has 0 saturated carbocycles. The molecule has 1 aromatic rings. The first-order valence-electron chi connectivity index (χ1n) is 6.12. The summed E-state index contributed by atoms with van der Waals surface area (Å²) >= 11 is 1.58. The van der Waals surface area contributed by atoms with E-state index in [9.17, 15) is 4.79 Å². The molecule has 1 rings (SSSR count). The Morgan fingerprint density at radius 2 is 1.95 bits per heavy atom. The molecule has 0 amide bonds. The smallest absolute Gasteiger partial charge is 0.315 e. The predicted octanol–water partition coefficient (Wildman–Crippen LogP) is 2.25. The summed E-state index contributed by atoms with van der Waals surface area (Å²) in [6.07, 6.45) is 0. The zero-order chi connectivity index (χ0) is 14.3. The number of hydrogen-bond acceptors (Lipinski definition) is 5. The van der Waals surface area contributed by atoms with Crippen molar-refractivity contribution in [3.05, 3.63) is 29.8 Å². The lowest BCUT2D eigenvalue weighted by molar-refractivity contribution is -0.137. The lowest BCUT2D eigenvalue weighted by Gasteiger charge is -2.23. The van der Waals surface area contributed by atoms with Gasteiger partial charge < -0.3 is 14.8 Å². The van der Waals surface area contributed by atoms with E-state index in [1.54, 1.807) is 18.9 Å². The van der Waals surface area contributed by atoms with E-state index in [4.69, 9.17) is 4.74 Å². The van der Waals surface area contributed by atoms with Crippen LogP contribution in [0.2, 0.25) is 0 Å². The summed E-state index contributed by atoms with van der Waals surface area (Å²) in [4.78, 5) is 11.2. The minimum atomic E-state index is -0.193. The van der Waals surface area contributed by atoms with E-state index in [-0.39, 0.29) is 17.3 Å². The highest BCUT2D eigenvalue weighted by Gasteiger charge is 2.19. The molecule has 0 spiro atoms. The van der Waals surface area contributed by atoms with Crippen LogP contribution in [0.25, 0.3) is 0 Å². The SMILES string of the molecule is CNC(c1ccc(OC)cc1)C(C)SCC(=O)OC. The molecule has 0 bridgehead atoms. The van der Waals surface area contributed by atoms with Crippen molar-refractivity contribution in [2.24, 2.45) is 0 Å². The van der Waals surface area contributed by atoms with Crippen molar-refractivity contribution in [2.45, 2.75) is 18.2 Å². The summed E-state index contributed by atoms with van der Waals surface area (Å²) in [5.74, 6) is 1.02. The summed E-state index contributed by atoms with van der Waals surface area (Å²) in [5.41, 5.74) is 1.17. The quantitative estimate of drug-likeness (QED) is 0.778. The van der Waals surface area contributed by atoms with E-state index >= 15 is 0 Å². The van der Waals surface area contributed by atoms with E-state index in [1.807, 2.05) is 31.3 Å². The molecule has 0 aliphatic rings. The maximum Gasteiger partial charge on any atom is 0.315 e. The third kappa shape index (κ3) is 4.76. The van der Waals surface area contributed by atoms with Crippen LogP contribution in [0, 0.1) is 0 Å². The van der Waals surface area contributed by atoms with Crippen molar-refractivity contribution >= 4 is 17.7 Å². The van der Waals surface area contributed by atoms with Crippen LogP contribution in [0.1, 0.15) is 18.5 Å². The summed E-state index contributed by atoms with van der Waals surface area (Å²) < 4.78 is 9.80. The fourth-order valence-corrected chi connectivity index (χ4v) is 2.84. The first kappa shape index (κ1) is 15.9. The molecule has 0 fully saturated rings. The van der Waals surface area contributed by atoms with Crippen LogP contribution in [0.5, 0.6) is 5.75 Å². The lowest BCUT2D eigenvalue weighted by atomic mass is 10.0. The molecule has 0 aliphatic carbocycles. The largest absolute Gasteiger partial charge is 0.497 e. The highest BCUT2D eigenvalue weighted by atomic mass is 32.2. The molecule has 5 heteroatoms. The molecule has 2 unspecified atom stereocenters. The molecule has 2 atom stereocenters. The van der Waals surface area contributed by atoms with E-state index in [2.05, 4.69) is 17.0 Å². The van der Waals surface area contributed by atoms with Crippen molar-refractivity contribution in [1.29, 1.82) is 0 Å². The summed E-state index contributed by atoms with van der Waals surface area (Å²) in [5, 5.41) is 3.55. The van der Waals surface area contributed by atoms with Crippen LogP contribution in [0.4, 0.5) is 0 Å². The van der Waals surface area contributed by atoms with Crippen molar-refractivity contribution in [3.63, 3.8) is 0 Å². The van der Waals surface area contributed by atoms with Crippen LogP contribution < -0.4 is 10.1 Å². The molecule has 106 valence electrons. The zero-order valence-electron chi connectivity index (χ0n) is 11.8. The first-order valence-corrected chi connectivity index (χ1v) is 7.16. The Bertz CT molecular complexity index is 394. The fourth-order valence-electron chi connectivity index (χ4n) is 1.84. The van der Waals surface area contributed by atoms with Gasteiger partial charge in [0, 0.05) is 11.3 Å². The standard InChI is InChI=1S/C14H21NO3S/c1-10(19-9-13(16)18-4)14(15-2)11-5-7-12(17-3)8-6-11/h5-8,10,14-15H,9H2,1-4H3. The normalized spacial score (nSPS) is 13.7. The third-order valence-electron chi connectivity index (χ3n) is 2.95. The van der Waals surface area contributed by atoms with Crippen molar-refractivity contribution in [3.8, 4) is 5.75 Å². The van der Waals surface area contributed by atoms with Crippen LogP contribution in [0.15, 0.2) is 24.3 Å². The number of rotatable bonds is 7. The Morgan fingerprint density at radius 3 is 2.42 bits per heavy atom. The number of hydrogen-bond donors (Lipinski definition) is 1. The highest BCUT2D eigenvalue weighted by Crippen LogP contribution is 2.27. The fraction of sp³-hybridized carbons (Fsp3) is 0.500. The molecule has 1 aromatic carbocycles. The van der Waals surface area contributed by atoms with Gasteiger partial charge >= 0.3 is 5.97 Å². The van der Waals surface area contributed by atoms with Crippen LogP contribution in [-0.2, 0) is 9.53 Å². The van der Waals surface area contributed by atoms with Crippen molar-refractivity contribution < 1.29 is 14.3 Å². The molecular weight excluding hydrogens is 262 g/mol. The molecule has 19 heavy (non-hydrogen) atoms. The second kappa shape index (κ2) is 8.07. The number of ether oxygens (including phenoxy) is 2. The molecule has 1 N–H and O–H groups in total. The number of carbonyl (C=O) groups is 1. The van der Waals surface area contributed by atoms with Crippen LogP contribution >= 0.6 is 11.8 Å². The molecule has 0 aromatic heterocycles. The number of methoxy groups -OCH3 is 2. The second-order valence-electron chi connectivity index (χ2n) is 4.13. The molecule has 0 heterocycles. The first-order chi connectivity index (χ1) is 9.12. The Labute approximate surface area is 118 Å². The summed E-state index contributed by atoms with van der Waals surface area (Å²) in [6.45, 7) is 2.10. The minimum Gasteiger partial charge on any atom is -0.497 e. The summed E-state index contributed by atoms with van der Waals surface area (Å²) in [7, 11) is 4.98. The Balaban J connectivity index is 2.67. The van der Waals surface area contributed by atoms with Gasteiger partial charge in [-0.15, -0.1) is 11.8 Å². The average molecular weight is 283 g/mol. The highest BCUT2D eigenvalue weighted by molar-refractivity contribution is 8.00. The zero-order valence-corrected chi connectivity index (χ0v) is 12.6. The number of esters is 1. The van der Waals surface area contributed by atoms with E-state index in [0.29, 0.717) is 5.75 Å². The van der Waals surface area contributed by atoms with Gasteiger partial charge in [-0.3, -0.25) is 4.79 Å². The van der Waals surface area contributed by atoms with Gasteiger partial charge in [0.1, 0.15) is 5.75 Å². The molecular formula is C14H21NO3S. The average Bonchev–Trinajstić information content (AvgIpc) is 2.46. The molecule has 0 saturated heterocycles. The van der Waals surface area contributed by atoms with Crippen LogP contribution in [-0.4, -0.2) is 38.2 Å². The van der Waals surface area contributed by atoms with Crippen molar-refractivity contribution in [2.75, 3.05) is 27.0 Å². The van der Waals surface area contributed by atoms with Crippen molar-refractivity contribution in [1.82, 2.24) is 5.32 Å². The maximum absolute atomic E-state index is 11.2. The van der Waals surface area contributed by atoms with Gasteiger partial charge in [-0.05, 0) is 24.7 Å². The molecule has 4 nitrogen and oxygen atoms in total. The van der Waals surface area contributed by atoms with E-state index < -0.39 is 0 Å². The van der Waals surface area contributed by atoms with E-state index in [1.165, 1.54) is 12.7 Å². The Hall–Kier alpha value is -1.20. The number of thioether (sulfide) groups is 1. The molecule has 0 aliphatic heterocycles. The van der Waals surface area contributed by atoms with Gasteiger partial charge in [-0.25, -0.2) is 0 Å².